The monoisotopic (exact) mass is 316 g/mol. The van der Waals surface area contributed by atoms with Crippen molar-refractivity contribution in [2.24, 2.45) is 5.73 Å². The number of anilines is 1. The Morgan fingerprint density at radius 1 is 1.09 bits per heavy atom. The van der Waals surface area contributed by atoms with Gasteiger partial charge in [0.2, 0.25) is 5.91 Å². The number of hydrogen-bond donors (Lipinski definition) is 1. The van der Waals surface area contributed by atoms with Crippen molar-refractivity contribution in [1.29, 1.82) is 0 Å². The van der Waals surface area contributed by atoms with Gasteiger partial charge in [0.1, 0.15) is 0 Å². The number of nitrogens with zero attached hydrogens (tertiary/aromatic N) is 3. The standard InChI is InChI=1S/C18H28N4O/c19-9-8-18(23)22-10-4-7-17(15-22)21-13-11-20(12-14-21)16-5-2-1-3-6-16/h1-3,5-6,17H,4,7-15,19H2. The maximum Gasteiger partial charge on any atom is 0.223 e. The van der Waals surface area contributed by atoms with Crippen LogP contribution < -0.4 is 10.6 Å². The fourth-order valence-corrected chi connectivity index (χ4v) is 3.74. The molecular formula is C18H28N4O. The van der Waals surface area contributed by atoms with Gasteiger partial charge in [-0.15, -0.1) is 0 Å². The van der Waals surface area contributed by atoms with Gasteiger partial charge in [-0.25, -0.2) is 0 Å². The molecule has 1 amide bonds. The largest absolute Gasteiger partial charge is 0.369 e. The molecule has 0 spiro atoms. The van der Waals surface area contributed by atoms with Gasteiger partial charge in [0, 0.05) is 64.0 Å². The zero-order valence-corrected chi connectivity index (χ0v) is 13.9. The van der Waals surface area contributed by atoms with E-state index in [0.717, 1.165) is 45.7 Å². The first-order valence-electron chi connectivity index (χ1n) is 8.80. The third-order valence-corrected chi connectivity index (χ3v) is 5.06. The van der Waals surface area contributed by atoms with Crippen LogP contribution >= 0.6 is 0 Å². The van der Waals surface area contributed by atoms with Crippen LogP contribution in [0.2, 0.25) is 0 Å². The van der Waals surface area contributed by atoms with E-state index in [9.17, 15) is 4.79 Å². The number of piperazine rings is 1. The second-order valence-electron chi connectivity index (χ2n) is 6.53. The molecule has 2 heterocycles. The molecule has 126 valence electrons. The zero-order chi connectivity index (χ0) is 16.1. The number of amides is 1. The molecule has 5 heteroatoms. The van der Waals surface area contributed by atoms with Gasteiger partial charge in [0.25, 0.3) is 0 Å². The Kier molecular flexibility index (Phi) is 5.51. The quantitative estimate of drug-likeness (QED) is 0.905. The average molecular weight is 316 g/mol. The Morgan fingerprint density at radius 3 is 2.52 bits per heavy atom. The molecule has 0 saturated carbocycles. The van der Waals surface area contributed by atoms with Crippen molar-refractivity contribution in [3.63, 3.8) is 0 Å². The fourth-order valence-electron chi connectivity index (χ4n) is 3.74. The van der Waals surface area contributed by atoms with E-state index in [0.29, 0.717) is 19.0 Å². The molecule has 0 radical (unpaired) electrons. The van der Waals surface area contributed by atoms with E-state index in [1.807, 2.05) is 4.90 Å². The van der Waals surface area contributed by atoms with Crippen molar-refractivity contribution < 1.29 is 4.79 Å². The second-order valence-corrected chi connectivity index (χ2v) is 6.53. The third-order valence-electron chi connectivity index (χ3n) is 5.06. The smallest absolute Gasteiger partial charge is 0.223 e. The van der Waals surface area contributed by atoms with Crippen LogP contribution in [0.15, 0.2) is 30.3 Å². The van der Waals surface area contributed by atoms with E-state index in [4.69, 9.17) is 5.73 Å². The Hall–Kier alpha value is -1.59. The Bertz CT molecular complexity index is 499. The lowest BCUT2D eigenvalue weighted by Crippen LogP contribution is -2.56. The lowest BCUT2D eigenvalue weighted by molar-refractivity contribution is -0.133. The highest BCUT2D eigenvalue weighted by molar-refractivity contribution is 5.76. The second kappa shape index (κ2) is 7.79. The van der Waals surface area contributed by atoms with E-state index in [1.54, 1.807) is 0 Å². The molecule has 0 aromatic heterocycles. The SMILES string of the molecule is NCCC(=O)N1CCCC(N2CCN(c3ccccc3)CC2)C1. The minimum Gasteiger partial charge on any atom is -0.369 e. The number of benzene rings is 1. The molecule has 1 atom stereocenters. The number of piperidine rings is 1. The van der Waals surface area contributed by atoms with Gasteiger partial charge in [0.15, 0.2) is 0 Å². The first-order valence-corrected chi connectivity index (χ1v) is 8.80. The van der Waals surface area contributed by atoms with Crippen molar-refractivity contribution in [2.45, 2.75) is 25.3 Å². The van der Waals surface area contributed by atoms with Crippen LogP contribution in [-0.4, -0.2) is 67.6 Å². The number of nitrogens with two attached hydrogens (primary N) is 1. The van der Waals surface area contributed by atoms with Crippen LogP contribution in [0.3, 0.4) is 0 Å². The molecule has 0 aliphatic carbocycles. The number of carbonyl (C=O) groups excluding carboxylic acids is 1. The molecule has 0 bridgehead atoms. The molecule has 2 saturated heterocycles. The van der Waals surface area contributed by atoms with Crippen LogP contribution in [0, 0.1) is 0 Å². The minimum atomic E-state index is 0.222. The van der Waals surface area contributed by atoms with Crippen LogP contribution in [0.1, 0.15) is 19.3 Å². The maximum atomic E-state index is 12.1. The molecule has 2 aliphatic heterocycles. The summed E-state index contributed by atoms with van der Waals surface area (Å²) in [5.41, 5.74) is 6.84. The highest BCUT2D eigenvalue weighted by atomic mass is 16.2. The van der Waals surface area contributed by atoms with Crippen LogP contribution in [0.5, 0.6) is 0 Å². The predicted molar refractivity (Wildman–Crippen MR) is 93.5 cm³/mol. The Balaban J connectivity index is 1.52. The number of carbonyl (C=O) groups is 1. The molecule has 23 heavy (non-hydrogen) atoms. The lowest BCUT2D eigenvalue weighted by Gasteiger charge is -2.44. The van der Waals surface area contributed by atoms with Gasteiger partial charge in [-0.1, -0.05) is 18.2 Å². The number of rotatable bonds is 4. The van der Waals surface area contributed by atoms with E-state index in [-0.39, 0.29) is 5.91 Å². The summed E-state index contributed by atoms with van der Waals surface area (Å²) < 4.78 is 0. The Labute approximate surface area is 139 Å². The molecule has 1 aromatic rings. The summed E-state index contributed by atoms with van der Waals surface area (Å²) >= 11 is 0. The van der Waals surface area contributed by atoms with E-state index >= 15 is 0 Å². The van der Waals surface area contributed by atoms with Crippen molar-refractivity contribution in [3.8, 4) is 0 Å². The molecule has 1 unspecified atom stereocenters. The summed E-state index contributed by atoms with van der Waals surface area (Å²) in [5.74, 6) is 0.222. The highest BCUT2D eigenvalue weighted by Gasteiger charge is 2.29. The molecular weight excluding hydrogens is 288 g/mol. The molecule has 2 N–H and O–H groups in total. The summed E-state index contributed by atoms with van der Waals surface area (Å²) in [6.45, 7) is 6.53. The number of hydrogen-bond acceptors (Lipinski definition) is 4. The predicted octanol–water partition coefficient (Wildman–Crippen LogP) is 1.15. The van der Waals surface area contributed by atoms with Crippen LogP contribution in [0.25, 0.3) is 0 Å². The number of likely N-dealkylation sites (tertiary alicyclic amines) is 1. The van der Waals surface area contributed by atoms with E-state index in [2.05, 4.69) is 40.1 Å². The third kappa shape index (κ3) is 4.03. The molecule has 3 rings (SSSR count). The first-order chi connectivity index (χ1) is 11.3. The maximum absolute atomic E-state index is 12.1. The summed E-state index contributed by atoms with van der Waals surface area (Å²) in [4.78, 5) is 19.1. The van der Waals surface area contributed by atoms with Gasteiger partial charge < -0.3 is 15.5 Å². The average Bonchev–Trinajstić information content (AvgIpc) is 2.63. The summed E-state index contributed by atoms with van der Waals surface area (Å²) in [6.07, 6.45) is 2.80. The Morgan fingerprint density at radius 2 is 1.83 bits per heavy atom. The zero-order valence-electron chi connectivity index (χ0n) is 13.9. The molecule has 5 nitrogen and oxygen atoms in total. The summed E-state index contributed by atoms with van der Waals surface area (Å²) in [7, 11) is 0. The van der Waals surface area contributed by atoms with Crippen molar-refractivity contribution in [3.05, 3.63) is 30.3 Å². The van der Waals surface area contributed by atoms with Gasteiger partial charge >= 0.3 is 0 Å². The molecule has 2 aliphatic rings. The topological polar surface area (TPSA) is 52.8 Å². The molecule has 1 aromatic carbocycles. The number of para-hydroxylation sites is 1. The van der Waals surface area contributed by atoms with Crippen molar-refractivity contribution >= 4 is 11.6 Å². The van der Waals surface area contributed by atoms with Crippen molar-refractivity contribution in [1.82, 2.24) is 9.80 Å². The van der Waals surface area contributed by atoms with Crippen LogP contribution in [0.4, 0.5) is 5.69 Å². The summed E-state index contributed by atoms with van der Waals surface area (Å²) in [6, 6.07) is 11.2. The normalized spacial score (nSPS) is 23.1. The summed E-state index contributed by atoms with van der Waals surface area (Å²) in [5, 5.41) is 0. The van der Waals surface area contributed by atoms with E-state index < -0.39 is 0 Å². The van der Waals surface area contributed by atoms with Crippen LogP contribution in [-0.2, 0) is 4.79 Å². The minimum absolute atomic E-state index is 0.222. The highest BCUT2D eigenvalue weighted by Crippen LogP contribution is 2.21. The van der Waals surface area contributed by atoms with Gasteiger partial charge in [0.05, 0.1) is 0 Å². The lowest BCUT2D eigenvalue weighted by atomic mass is 10.0. The van der Waals surface area contributed by atoms with Gasteiger partial charge in [-0.05, 0) is 25.0 Å². The van der Waals surface area contributed by atoms with Gasteiger partial charge in [-0.3, -0.25) is 9.69 Å². The van der Waals surface area contributed by atoms with E-state index in [1.165, 1.54) is 12.1 Å². The molecule has 2 fully saturated rings. The van der Waals surface area contributed by atoms with Crippen molar-refractivity contribution in [2.75, 3.05) is 50.7 Å². The first kappa shape index (κ1) is 16.3. The fraction of sp³-hybridized carbons (Fsp3) is 0.611. The van der Waals surface area contributed by atoms with Gasteiger partial charge in [-0.2, -0.15) is 0 Å².